The van der Waals surface area contributed by atoms with Crippen LogP contribution in [0.2, 0.25) is 0 Å². The van der Waals surface area contributed by atoms with Gasteiger partial charge in [-0.2, -0.15) is 0 Å². The standard InChI is InChI=1S/C23H27NO5S/c1-14(2)15-6-9-17(10-7-15)30(26,27)21-19-13-23(3,24(4)22(21)25)29-20-11-8-16(28-5)12-18(19)20/h6-12,14,19,21H,13H2,1-5H3/t19-,21-,23-/m0/s1. The van der Waals surface area contributed by atoms with E-state index >= 15 is 0 Å². The molecule has 3 atom stereocenters. The number of benzene rings is 2. The minimum Gasteiger partial charge on any atom is -0.497 e. The number of nitrogens with zero attached hydrogens (tertiary/aromatic N) is 1. The second kappa shape index (κ2) is 7.01. The molecule has 2 aliphatic heterocycles. The minimum absolute atomic E-state index is 0.165. The Balaban J connectivity index is 1.85. The van der Waals surface area contributed by atoms with Gasteiger partial charge in [-0.15, -0.1) is 0 Å². The Morgan fingerprint density at radius 3 is 2.43 bits per heavy atom. The predicted octanol–water partition coefficient (Wildman–Crippen LogP) is 3.72. The maximum atomic E-state index is 13.7. The highest BCUT2D eigenvalue weighted by Crippen LogP contribution is 2.50. The molecule has 0 N–H and O–H groups in total. The molecule has 2 heterocycles. The van der Waals surface area contributed by atoms with Crippen LogP contribution in [0.3, 0.4) is 0 Å². The third-order valence-electron chi connectivity index (χ3n) is 6.40. The molecule has 2 aromatic carbocycles. The zero-order valence-corrected chi connectivity index (χ0v) is 18.7. The maximum absolute atomic E-state index is 13.7. The highest BCUT2D eigenvalue weighted by molar-refractivity contribution is 7.92. The van der Waals surface area contributed by atoms with Crippen LogP contribution in [-0.2, 0) is 14.6 Å². The lowest BCUT2D eigenvalue weighted by atomic mass is 9.80. The first-order chi connectivity index (χ1) is 14.1. The van der Waals surface area contributed by atoms with Gasteiger partial charge in [0.2, 0.25) is 5.91 Å². The van der Waals surface area contributed by atoms with Crippen LogP contribution in [-0.4, -0.2) is 44.4 Å². The van der Waals surface area contributed by atoms with Crippen LogP contribution in [0.15, 0.2) is 47.4 Å². The van der Waals surface area contributed by atoms with Crippen molar-refractivity contribution in [2.24, 2.45) is 0 Å². The maximum Gasteiger partial charge on any atom is 0.244 e. The van der Waals surface area contributed by atoms with Crippen molar-refractivity contribution in [2.75, 3.05) is 14.2 Å². The molecule has 1 saturated heterocycles. The second-order valence-electron chi connectivity index (χ2n) is 8.58. The van der Waals surface area contributed by atoms with Crippen LogP contribution in [0.5, 0.6) is 11.5 Å². The van der Waals surface area contributed by atoms with Gasteiger partial charge >= 0.3 is 0 Å². The van der Waals surface area contributed by atoms with Gasteiger partial charge in [0, 0.05) is 24.9 Å². The number of likely N-dealkylation sites (tertiary alicyclic amines) is 1. The van der Waals surface area contributed by atoms with Crippen molar-refractivity contribution < 1.29 is 22.7 Å². The number of hydrogen-bond acceptors (Lipinski definition) is 5. The number of piperidine rings is 1. The summed E-state index contributed by atoms with van der Waals surface area (Å²) < 4.78 is 38.8. The predicted molar refractivity (Wildman–Crippen MR) is 114 cm³/mol. The van der Waals surface area contributed by atoms with E-state index in [9.17, 15) is 13.2 Å². The lowest BCUT2D eigenvalue weighted by molar-refractivity contribution is -0.159. The van der Waals surface area contributed by atoms with Crippen LogP contribution >= 0.6 is 0 Å². The normalized spacial score (nSPS) is 25.7. The number of rotatable bonds is 4. The van der Waals surface area contributed by atoms with Gasteiger partial charge in [0.25, 0.3) is 0 Å². The Hall–Kier alpha value is -2.54. The first kappa shape index (κ1) is 20.7. The summed E-state index contributed by atoms with van der Waals surface area (Å²) in [5, 5.41) is -1.21. The lowest BCUT2D eigenvalue weighted by Crippen LogP contribution is -2.64. The van der Waals surface area contributed by atoms with Gasteiger partial charge in [0.05, 0.1) is 12.0 Å². The van der Waals surface area contributed by atoms with Gasteiger partial charge in [-0.1, -0.05) is 26.0 Å². The monoisotopic (exact) mass is 429 g/mol. The van der Waals surface area contributed by atoms with E-state index in [4.69, 9.17) is 9.47 Å². The molecule has 2 aliphatic rings. The number of methoxy groups -OCH3 is 1. The number of sulfone groups is 1. The summed E-state index contributed by atoms with van der Waals surface area (Å²) in [4.78, 5) is 14.9. The third-order valence-corrected chi connectivity index (χ3v) is 8.53. The van der Waals surface area contributed by atoms with E-state index < -0.39 is 32.6 Å². The van der Waals surface area contributed by atoms with Crippen molar-refractivity contribution in [1.82, 2.24) is 4.90 Å². The van der Waals surface area contributed by atoms with Crippen molar-refractivity contribution in [2.45, 2.75) is 54.9 Å². The molecule has 4 rings (SSSR count). The highest BCUT2D eigenvalue weighted by Gasteiger charge is 2.57. The van der Waals surface area contributed by atoms with Crippen LogP contribution in [0, 0.1) is 0 Å². The van der Waals surface area contributed by atoms with Gasteiger partial charge in [-0.3, -0.25) is 4.79 Å². The van der Waals surface area contributed by atoms with E-state index in [0.717, 1.165) is 5.56 Å². The van der Waals surface area contributed by atoms with Crippen LogP contribution in [0.4, 0.5) is 0 Å². The first-order valence-electron chi connectivity index (χ1n) is 10.1. The number of hydrogen-bond donors (Lipinski definition) is 0. The number of carbonyl (C=O) groups is 1. The smallest absolute Gasteiger partial charge is 0.244 e. The van der Waals surface area contributed by atoms with E-state index in [1.165, 1.54) is 4.90 Å². The Labute approximate surface area is 177 Å². The fraction of sp³-hybridized carbons (Fsp3) is 0.435. The van der Waals surface area contributed by atoms with Gasteiger partial charge in [0.1, 0.15) is 11.5 Å². The summed E-state index contributed by atoms with van der Waals surface area (Å²) >= 11 is 0. The summed E-state index contributed by atoms with van der Waals surface area (Å²) in [5.74, 6) is 0.510. The van der Waals surface area contributed by atoms with Gasteiger partial charge in [-0.05, 0) is 48.7 Å². The quantitative estimate of drug-likeness (QED) is 0.741. The highest BCUT2D eigenvalue weighted by atomic mass is 32.2. The van der Waals surface area contributed by atoms with E-state index in [2.05, 4.69) is 13.8 Å². The summed E-state index contributed by atoms with van der Waals surface area (Å²) in [7, 11) is -0.750. The molecule has 0 unspecified atom stereocenters. The molecule has 160 valence electrons. The average Bonchev–Trinajstić information content (AvgIpc) is 2.72. The number of fused-ring (bicyclic) bond motifs is 4. The first-order valence-corrected chi connectivity index (χ1v) is 11.6. The fourth-order valence-electron chi connectivity index (χ4n) is 4.44. The van der Waals surface area contributed by atoms with E-state index in [1.54, 1.807) is 44.5 Å². The topological polar surface area (TPSA) is 72.9 Å². The van der Waals surface area contributed by atoms with E-state index in [1.807, 2.05) is 19.1 Å². The minimum atomic E-state index is -3.91. The molecule has 2 bridgehead atoms. The molecule has 6 nitrogen and oxygen atoms in total. The largest absolute Gasteiger partial charge is 0.497 e. The molecule has 2 aromatic rings. The van der Waals surface area contributed by atoms with Crippen molar-refractivity contribution >= 4 is 15.7 Å². The Bertz CT molecular complexity index is 1090. The SMILES string of the molecule is COc1ccc2c(c1)[C@@H]1C[C@](C)(O2)N(C)C(=O)[C@H]1S(=O)(=O)c1ccc(C(C)C)cc1. The molecule has 0 spiro atoms. The van der Waals surface area contributed by atoms with Gasteiger partial charge < -0.3 is 14.4 Å². The van der Waals surface area contributed by atoms with Crippen LogP contribution in [0.25, 0.3) is 0 Å². The van der Waals surface area contributed by atoms with Gasteiger partial charge in [-0.25, -0.2) is 8.42 Å². The number of amides is 1. The zero-order valence-electron chi connectivity index (χ0n) is 17.9. The molecule has 0 radical (unpaired) electrons. The summed E-state index contributed by atoms with van der Waals surface area (Å²) in [6.07, 6.45) is 0.392. The van der Waals surface area contributed by atoms with E-state index in [0.29, 0.717) is 29.4 Å². The molecule has 0 saturated carbocycles. The Kier molecular flexibility index (Phi) is 4.84. The fourth-order valence-corrected chi connectivity index (χ4v) is 6.35. The van der Waals surface area contributed by atoms with Crippen molar-refractivity contribution in [3.8, 4) is 11.5 Å². The van der Waals surface area contributed by atoms with Crippen molar-refractivity contribution in [3.63, 3.8) is 0 Å². The molecule has 30 heavy (non-hydrogen) atoms. The molecule has 7 heteroatoms. The van der Waals surface area contributed by atoms with E-state index in [-0.39, 0.29) is 4.90 Å². The summed E-state index contributed by atoms with van der Waals surface area (Å²) in [6.45, 7) is 5.93. The number of ether oxygens (including phenoxy) is 2. The number of carbonyl (C=O) groups excluding carboxylic acids is 1. The molecule has 1 amide bonds. The van der Waals surface area contributed by atoms with Gasteiger partial charge in [0.15, 0.2) is 20.8 Å². The van der Waals surface area contributed by atoms with Crippen LogP contribution < -0.4 is 9.47 Å². The second-order valence-corrected chi connectivity index (χ2v) is 10.6. The molecule has 0 aromatic heterocycles. The third kappa shape index (κ3) is 3.07. The molecular formula is C23H27NO5S. The van der Waals surface area contributed by atoms with Crippen molar-refractivity contribution in [3.05, 3.63) is 53.6 Å². The molecular weight excluding hydrogens is 402 g/mol. The summed E-state index contributed by atoms with van der Waals surface area (Å²) in [6, 6.07) is 12.2. The Morgan fingerprint density at radius 1 is 1.17 bits per heavy atom. The van der Waals surface area contributed by atoms with Crippen LogP contribution in [0.1, 0.15) is 50.2 Å². The average molecular weight is 430 g/mol. The molecule has 1 fully saturated rings. The summed E-state index contributed by atoms with van der Waals surface area (Å²) in [5.41, 5.74) is 0.854. The lowest BCUT2D eigenvalue weighted by Gasteiger charge is -2.51. The molecule has 0 aliphatic carbocycles. The Morgan fingerprint density at radius 2 is 1.83 bits per heavy atom. The van der Waals surface area contributed by atoms with Crippen molar-refractivity contribution in [1.29, 1.82) is 0 Å². The zero-order chi connectivity index (χ0) is 21.8.